The lowest BCUT2D eigenvalue weighted by Crippen LogP contribution is -2.28. The van der Waals surface area contributed by atoms with Gasteiger partial charge in [0.25, 0.3) is 0 Å². The van der Waals surface area contributed by atoms with Crippen LogP contribution in [0.3, 0.4) is 0 Å². The second-order valence-electron chi connectivity index (χ2n) is 8.35. The molecule has 2 heterocycles. The molecule has 8 heteroatoms. The molecular weight excluding hydrogens is 386 g/mol. The molecule has 0 aromatic carbocycles. The molecule has 2 aromatic rings. The van der Waals surface area contributed by atoms with E-state index >= 15 is 0 Å². The first-order valence-corrected chi connectivity index (χ1v) is 12.4. The van der Waals surface area contributed by atoms with Crippen molar-refractivity contribution < 1.29 is 8.42 Å². The Morgan fingerprint density at radius 3 is 2.62 bits per heavy atom. The van der Waals surface area contributed by atoms with E-state index in [1.165, 1.54) is 5.56 Å². The monoisotopic (exact) mass is 421 g/mol. The number of imidazole rings is 1. The predicted octanol–water partition coefficient (Wildman–Crippen LogP) is 3.20. The average Bonchev–Trinajstić information content (AvgIpc) is 3.31. The normalized spacial score (nSPS) is 16.0. The standard InChI is InChI=1S/C21H35N5O2S/c1-4-5-12-26-19(17-24(2)13-11-18-14-23-25(3)16-18)15-22-21(26)29(27,28)20-9-7-6-8-10-20/h14-16,20H,4-13,17H2,1-3H3. The topological polar surface area (TPSA) is 73.0 Å². The Balaban J connectivity index is 1.74. The molecule has 162 valence electrons. The molecule has 2 aromatic heterocycles. The summed E-state index contributed by atoms with van der Waals surface area (Å²) in [6.07, 6.45) is 13.3. The predicted molar refractivity (Wildman–Crippen MR) is 114 cm³/mol. The van der Waals surface area contributed by atoms with E-state index in [9.17, 15) is 8.42 Å². The van der Waals surface area contributed by atoms with Crippen molar-refractivity contribution in [2.75, 3.05) is 13.6 Å². The fourth-order valence-corrected chi connectivity index (χ4v) is 6.07. The molecule has 0 unspecified atom stereocenters. The van der Waals surface area contributed by atoms with Crippen LogP contribution in [0.1, 0.15) is 63.1 Å². The Hall–Kier alpha value is -1.67. The van der Waals surface area contributed by atoms with E-state index in [-0.39, 0.29) is 10.4 Å². The molecule has 0 bridgehead atoms. The zero-order chi connectivity index (χ0) is 20.9. The van der Waals surface area contributed by atoms with Crippen molar-refractivity contribution in [2.45, 2.75) is 81.8 Å². The van der Waals surface area contributed by atoms with Gasteiger partial charge >= 0.3 is 0 Å². The van der Waals surface area contributed by atoms with Crippen LogP contribution in [0.4, 0.5) is 0 Å². The number of aryl methyl sites for hydroxylation is 1. The van der Waals surface area contributed by atoms with Crippen molar-refractivity contribution in [1.82, 2.24) is 24.2 Å². The minimum atomic E-state index is -3.37. The van der Waals surface area contributed by atoms with Gasteiger partial charge in [-0.3, -0.25) is 4.68 Å². The van der Waals surface area contributed by atoms with Gasteiger partial charge in [-0.05, 0) is 38.3 Å². The van der Waals surface area contributed by atoms with Crippen molar-refractivity contribution in [2.24, 2.45) is 7.05 Å². The number of unbranched alkanes of at least 4 members (excludes halogenated alkanes) is 1. The van der Waals surface area contributed by atoms with E-state index in [1.807, 2.05) is 28.7 Å². The number of hydrogen-bond acceptors (Lipinski definition) is 5. The Morgan fingerprint density at radius 2 is 1.97 bits per heavy atom. The molecule has 0 aliphatic heterocycles. The highest BCUT2D eigenvalue weighted by molar-refractivity contribution is 7.91. The molecule has 7 nitrogen and oxygen atoms in total. The Kier molecular flexibility index (Phi) is 7.51. The summed E-state index contributed by atoms with van der Waals surface area (Å²) in [6, 6.07) is 0. The third-order valence-electron chi connectivity index (χ3n) is 5.85. The molecular formula is C21H35N5O2S. The molecule has 1 aliphatic carbocycles. The van der Waals surface area contributed by atoms with Gasteiger partial charge in [0.15, 0.2) is 0 Å². The second kappa shape index (κ2) is 9.89. The number of rotatable bonds is 10. The Labute approximate surface area is 175 Å². The van der Waals surface area contributed by atoms with Gasteiger partial charge < -0.3 is 9.47 Å². The molecule has 0 saturated heterocycles. The van der Waals surface area contributed by atoms with Crippen molar-refractivity contribution in [3.8, 4) is 0 Å². The lowest BCUT2D eigenvalue weighted by Gasteiger charge is -2.23. The highest BCUT2D eigenvalue weighted by atomic mass is 32.2. The zero-order valence-electron chi connectivity index (χ0n) is 18.0. The first-order chi connectivity index (χ1) is 13.9. The van der Waals surface area contributed by atoms with Crippen molar-refractivity contribution in [1.29, 1.82) is 0 Å². The molecule has 3 rings (SSSR count). The number of sulfone groups is 1. The summed E-state index contributed by atoms with van der Waals surface area (Å²) in [5.41, 5.74) is 2.20. The minimum absolute atomic E-state index is 0.268. The van der Waals surface area contributed by atoms with Crippen LogP contribution in [0, 0.1) is 0 Å². The zero-order valence-corrected chi connectivity index (χ0v) is 18.9. The fourth-order valence-electron chi connectivity index (χ4n) is 4.10. The van der Waals surface area contributed by atoms with Gasteiger partial charge in [-0.15, -0.1) is 0 Å². The highest BCUT2D eigenvalue weighted by Crippen LogP contribution is 2.29. The van der Waals surface area contributed by atoms with E-state index in [0.29, 0.717) is 13.1 Å². The second-order valence-corrected chi connectivity index (χ2v) is 10.5. The van der Waals surface area contributed by atoms with E-state index < -0.39 is 9.84 Å². The highest BCUT2D eigenvalue weighted by Gasteiger charge is 2.33. The summed E-state index contributed by atoms with van der Waals surface area (Å²) in [5, 5.41) is 4.24. The molecule has 0 spiro atoms. The third kappa shape index (κ3) is 5.48. The Morgan fingerprint density at radius 1 is 1.21 bits per heavy atom. The average molecular weight is 422 g/mol. The third-order valence-corrected chi connectivity index (χ3v) is 8.04. The summed E-state index contributed by atoms with van der Waals surface area (Å²) in [7, 11) is 0.628. The summed E-state index contributed by atoms with van der Waals surface area (Å²) < 4.78 is 30.3. The van der Waals surface area contributed by atoms with Crippen molar-refractivity contribution in [3.63, 3.8) is 0 Å². The molecule has 0 amide bonds. The quantitative estimate of drug-likeness (QED) is 0.589. The largest absolute Gasteiger partial charge is 0.318 e. The first kappa shape index (κ1) is 22.0. The summed E-state index contributed by atoms with van der Waals surface area (Å²) in [4.78, 5) is 6.65. The fraction of sp³-hybridized carbons (Fsp3) is 0.714. The number of likely N-dealkylation sites (N-methyl/N-ethyl adjacent to an activating group) is 1. The number of aromatic nitrogens is 4. The van der Waals surface area contributed by atoms with Gasteiger partial charge in [-0.1, -0.05) is 32.6 Å². The lowest BCUT2D eigenvalue weighted by atomic mass is 10.0. The molecule has 0 N–H and O–H groups in total. The maximum atomic E-state index is 13.3. The maximum Gasteiger partial charge on any atom is 0.228 e. The van der Waals surface area contributed by atoms with Crippen LogP contribution in [-0.4, -0.2) is 51.5 Å². The molecule has 1 fully saturated rings. The van der Waals surface area contributed by atoms with Crippen molar-refractivity contribution in [3.05, 3.63) is 29.8 Å². The van der Waals surface area contributed by atoms with Gasteiger partial charge in [-0.2, -0.15) is 5.10 Å². The van der Waals surface area contributed by atoms with Gasteiger partial charge in [0.2, 0.25) is 15.0 Å². The summed E-state index contributed by atoms with van der Waals surface area (Å²) in [5.74, 6) is 0. The number of hydrogen-bond donors (Lipinski definition) is 0. The van der Waals surface area contributed by atoms with E-state index in [4.69, 9.17) is 0 Å². The number of nitrogens with zero attached hydrogens (tertiary/aromatic N) is 5. The van der Waals surface area contributed by atoms with Crippen LogP contribution >= 0.6 is 0 Å². The maximum absolute atomic E-state index is 13.3. The molecule has 0 atom stereocenters. The first-order valence-electron chi connectivity index (χ1n) is 10.9. The van der Waals surface area contributed by atoms with E-state index in [1.54, 1.807) is 6.20 Å². The van der Waals surface area contributed by atoms with Gasteiger partial charge in [0.1, 0.15) is 0 Å². The van der Waals surface area contributed by atoms with Crippen LogP contribution in [-0.2, 0) is 36.4 Å². The molecule has 1 aliphatic rings. The molecule has 0 radical (unpaired) electrons. The molecule has 1 saturated carbocycles. The summed E-state index contributed by atoms with van der Waals surface area (Å²) >= 11 is 0. The van der Waals surface area contributed by atoms with Gasteiger partial charge in [0.05, 0.1) is 23.3 Å². The Bertz CT molecular complexity index is 881. The van der Waals surface area contributed by atoms with E-state index in [2.05, 4.69) is 29.0 Å². The summed E-state index contributed by atoms with van der Waals surface area (Å²) in [6.45, 7) is 4.42. The van der Waals surface area contributed by atoms with Crippen LogP contribution in [0.5, 0.6) is 0 Å². The van der Waals surface area contributed by atoms with Gasteiger partial charge in [-0.25, -0.2) is 13.4 Å². The van der Waals surface area contributed by atoms with E-state index in [0.717, 1.165) is 63.6 Å². The van der Waals surface area contributed by atoms with Crippen LogP contribution in [0.25, 0.3) is 0 Å². The smallest absolute Gasteiger partial charge is 0.228 e. The molecule has 29 heavy (non-hydrogen) atoms. The van der Waals surface area contributed by atoms with Crippen LogP contribution < -0.4 is 0 Å². The van der Waals surface area contributed by atoms with Crippen LogP contribution in [0.2, 0.25) is 0 Å². The van der Waals surface area contributed by atoms with Gasteiger partial charge in [0, 0.05) is 32.9 Å². The van der Waals surface area contributed by atoms with Crippen molar-refractivity contribution >= 4 is 9.84 Å². The SMILES string of the molecule is CCCCn1c(CN(C)CCc2cnn(C)c2)cnc1S(=O)(=O)C1CCCCC1. The van der Waals surface area contributed by atoms with Crippen LogP contribution in [0.15, 0.2) is 23.7 Å². The lowest BCUT2D eigenvalue weighted by molar-refractivity contribution is 0.318. The minimum Gasteiger partial charge on any atom is -0.318 e.